The zero-order valence-electron chi connectivity index (χ0n) is 25.8. The quantitative estimate of drug-likeness (QED) is 0.275. The summed E-state index contributed by atoms with van der Waals surface area (Å²) in [6, 6.07) is 8.27. The van der Waals surface area contributed by atoms with Gasteiger partial charge in [-0.25, -0.2) is 22.9 Å². The molecule has 0 fully saturated rings. The molecule has 2 atom stereocenters. The van der Waals surface area contributed by atoms with E-state index < -0.39 is 27.5 Å². The lowest BCUT2D eigenvalue weighted by Crippen LogP contribution is -2.42. The van der Waals surface area contributed by atoms with Crippen molar-refractivity contribution in [1.82, 2.24) is 23.8 Å². The Balaban J connectivity index is 1.52. The standard InChI is InChI=1S/C32H35FN6O4S/c1-19-16-24(17-20(2)28(19)33)39-29(27-21(3)36(12-10-26(27)34-39)31(41)43-32(4,5)6)38-14-13-37(30(38)40)23-8-9-25-22(18-23)11-15-44(7,42)35-25/h8-9,11,13-18,21H,10,12H2,1-7H3/t21-,44?/m0/s1. The van der Waals surface area contributed by atoms with Crippen LogP contribution in [0.15, 0.2) is 57.3 Å². The summed E-state index contributed by atoms with van der Waals surface area (Å²) in [7, 11) is -2.43. The third kappa shape index (κ3) is 5.17. The van der Waals surface area contributed by atoms with Crippen LogP contribution in [-0.4, -0.2) is 52.5 Å². The third-order valence-corrected chi connectivity index (χ3v) is 9.02. The first kappa shape index (κ1) is 29.6. The molecule has 10 nitrogen and oxygen atoms in total. The first-order valence-corrected chi connectivity index (χ1v) is 16.4. The molecule has 0 saturated carbocycles. The van der Waals surface area contributed by atoms with Gasteiger partial charge in [-0.15, -0.1) is 0 Å². The first-order chi connectivity index (χ1) is 20.6. The topological polar surface area (TPSA) is 104 Å². The van der Waals surface area contributed by atoms with E-state index in [1.807, 2.05) is 33.8 Å². The Morgan fingerprint density at radius 3 is 2.43 bits per heavy atom. The molecule has 6 rings (SSSR count). The molecule has 2 aliphatic rings. The average Bonchev–Trinajstić information content (AvgIpc) is 3.50. The van der Waals surface area contributed by atoms with Gasteiger partial charge in [0, 0.05) is 48.1 Å². The highest BCUT2D eigenvalue weighted by Gasteiger charge is 2.37. The Kier molecular flexibility index (Phi) is 6.95. The van der Waals surface area contributed by atoms with Gasteiger partial charge < -0.3 is 9.64 Å². The Labute approximate surface area is 255 Å². The monoisotopic (exact) mass is 618 g/mol. The van der Waals surface area contributed by atoms with Crippen LogP contribution in [0, 0.1) is 19.7 Å². The van der Waals surface area contributed by atoms with Gasteiger partial charge in [-0.05, 0) is 89.1 Å². The number of carbonyl (C=O) groups excluding carboxylic acids is 1. The largest absolute Gasteiger partial charge is 0.444 e. The molecule has 2 aromatic heterocycles. The zero-order chi connectivity index (χ0) is 31.7. The lowest BCUT2D eigenvalue weighted by Gasteiger charge is -2.34. The molecule has 0 saturated heterocycles. The molecule has 4 heterocycles. The summed E-state index contributed by atoms with van der Waals surface area (Å²) >= 11 is 0. The number of halogens is 1. The van der Waals surface area contributed by atoms with Gasteiger partial charge in [-0.2, -0.15) is 9.46 Å². The highest BCUT2D eigenvalue weighted by molar-refractivity contribution is 7.96. The van der Waals surface area contributed by atoms with Crippen LogP contribution < -0.4 is 5.69 Å². The summed E-state index contributed by atoms with van der Waals surface area (Å²) in [5.74, 6) is 0.167. The molecule has 1 amide bonds. The molecule has 12 heteroatoms. The maximum Gasteiger partial charge on any atom is 0.410 e. The fraction of sp³-hybridized carbons (Fsp3) is 0.344. The number of amides is 1. The van der Waals surface area contributed by atoms with Crippen LogP contribution in [0.4, 0.5) is 14.9 Å². The first-order valence-electron chi connectivity index (χ1n) is 14.4. The molecule has 0 bridgehead atoms. The highest BCUT2D eigenvalue weighted by atomic mass is 32.2. The third-order valence-electron chi connectivity index (χ3n) is 7.82. The van der Waals surface area contributed by atoms with Gasteiger partial charge in [-0.3, -0.25) is 9.13 Å². The van der Waals surface area contributed by atoms with E-state index in [4.69, 9.17) is 9.84 Å². The SMILES string of the molecule is Cc1cc(-n2nc3c(c2-n2ccn(-c4ccc5c(c4)C=CS(C)(=O)=N5)c2=O)[C@H](C)N(C(=O)OC(C)(C)C)CC3)cc(C)c1F. The number of rotatable bonds is 3. The van der Waals surface area contributed by atoms with E-state index in [0.717, 1.165) is 11.3 Å². The summed E-state index contributed by atoms with van der Waals surface area (Å²) in [4.78, 5) is 29.0. The number of benzene rings is 2. The second-order valence-electron chi connectivity index (χ2n) is 12.4. The summed E-state index contributed by atoms with van der Waals surface area (Å²) in [6.07, 6.45) is 6.67. The zero-order valence-corrected chi connectivity index (χ0v) is 26.6. The van der Waals surface area contributed by atoms with Crippen LogP contribution in [-0.2, 0) is 20.9 Å². The normalized spacial score (nSPS) is 19.4. The lowest BCUT2D eigenvalue weighted by molar-refractivity contribution is 0.0159. The number of nitrogens with zero attached hydrogens (tertiary/aromatic N) is 6. The van der Waals surface area contributed by atoms with Crippen molar-refractivity contribution in [2.45, 2.75) is 59.6 Å². The highest BCUT2D eigenvalue weighted by Crippen LogP contribution is 2.36. The van der Waals surface area contributed by atoms with Crippen LogP contribution in [0.2, 0.25) is 0 Å². The van der Waals surface area contributed by atoms with Gasteiger partial charge in [-0.1, -0.05) is 0 Å². The molecular formula is C32H35FN6O4S. The maximum absolute atomic E-state index is 14.7. The van der Waals surface area contributed by atoms with Crippen molar-refractivity contribution >= 4 is 27.6 Å². The smallest absolute Gasteiger partial charge is 0.410 e. The van der Waals surface area contributed by atoms with Crippen molar-refractivity contribution in [3.8, 4) is 17.2 Å². The molecule has 1 unspecified atom stereocenters. The number of ether oxygens (including phenoxy) is 1. The predicted octanol–water partition coefficient (Wildman–Crippen LogP) is 6.14. The minimum atomic E-state index is -2.43. The number of fused-ring (bicyclic) bond motifs is 2. The molecule has 0 aliphatic carbocycles. The van der Waals surface area contributed by atoms with Crippen molar-refractivity contribution in [2.75, 3.05) is 12.8 Å². The molecule has 44 heavy (non-hydrogen) atoms. The number of imidazole rings is 1. The Hall–Kier alpha value is -4.45. The van der Waals surface area contributed by atoms with Crippen molar-refractivity contribution in [1.29, 1.82) is 0 Å². The van der Waals surface area contributed by atoms with Crippen molar-refractivity contribution in [3.63, 3.8) is 0 Å². The Bertz CT molecular complexity index is 2030. The van der Waals surface area contributed by atoms with E-state index in [1.165, 1.54) is 9.13 Å². The van der Waals surface area contributed by atoms with Crippen LogP contribution in [0.3, 0.4) is 0 Å². The summed E-state index contributed by atoms with van der Waals surface area (Å²) in [6.45, 7) is 11.1. The van der Waals surface area contributed by atoms with E-state index in [2.05, 4.69) is 4.36 Å². The number of hydrogen-bond acceptors (Lipinski definition) is 6. The molecule has 230 valence electrons. The van der Waals surface area contributed by atoms with Crippen LogP contribution in [0.25, 0.3) is 23.3 Å². The van der Waals surface area contributed by atoms with E-state index >= 15 is 0 Å². The van der Waals surface area contributed by atoms with Gasteiger partial charge in [0.25, 0.3) is 0 Å². The Morgan fingerprint density at radius 1 is 1.07 bits per heavy atom. The van der Waals surface area contributed by atoms with Gasteiger partial charge in [0.2, 0.25) is 0 Å². The minimum Gasteiger partial charge on any atom is -0.444 e. The van der Waals surface area contributed by atoms with Gasteiger partial charge in [0.05, 0.1) is 38.5 Å². The summed E-state index contributed by atoms with van der Waals surface area (Å²) in [5.41, 5.74) is 3.90. The van der Waals surface area contributed by atoms with Crippen molar-refractivity contribution in [2.24, 2.45) is 4.36 Å². The van der Waals surface area contributed by atoms with Gasteiger partial charge >= 0.3 is 11.8 Å². The lowest BCUT2D eigenvalue weighted by atomic mass is 10.00. The number of aryl methyl sites for hydroxylation is 2. The van der Waals surface area contributed by atoms with E-state index in [9.17, 15) is 18.2 Å². The molecule has 2 aromatic carbocycles. The second-order valence-corrected chi connectivity index (χ2v) is 14.6. The van der Waals surface area contributed by atoms with E-state index in [-0.39, 0.29) is 11.5 Å². The van der Waals surface area contributed by atoms with Gasteiger partial charge in [0.15, 0.2) is 0 Å². The predicted molar refractivity (Wildman–Crippen MR) is 168 cm³/mol. The van der Waals surface area contributed by atoms with Gasteiger partial charge in [0.1, 0.15) is 17.2 Å². The molecule has 0 spiro atoms. The van der Waals surface area contributed by atoms with Crippen LogP contribution in [0.5, 0.6) is 0 Å². The number of hydrogen-bond donors (Lipinski definition) is 0. The number of aromatic nitrogens is 4. The maximum atomic E-state index is 14.7. The molecular weight excluding hydrogens is 583 g/mol. The average molecular weight is 619 g/mol. The summed E-state index contributed by atoms with van der Waals surface area (Å²) in [5, 5.41) is 6.49. The van der Waals surface area contributed by atoms with E-state index in [0.29, 0.717) is 52.5 Å². The van der Waals surface area contributed by atoms with E-state index in [1.54, 1.807) is 77.8 Å². The molecule has 2 aliphatic heterocycles. The molecule has 0 radical (unpaired) electrons. The summed E-state index contributed by atoms with van der Waals surface area (Å²) < 4.78 is 41.8. The van der Waals surface area contributed by atoms with Crippen molar-refractivity contribution < 1.29 is 18.1 Å². The Morgan fingerprint density at radius 2 is 1.75 bits per heavy atom. The second kappa shape index (κ2) is 10.3. The fourth-order valence-corrected chi connectivity index (χ4v) is 6.77. The molecule has 4 aromatic rings. The van der Waals surface area contributed by atoms with Crippen LogP contribution in [0.1, 0.15) is 61.7 Å². The van der Waals surface area contributed by atoms with Crippen molar-refractivity contribution in [3.05, 3.63) is 92.4 Å². The fourth-order valence-electron chi connectivity index (χ4n) is 5.75. The molecule has 0 N–H and O–H groups in total. The number of carbonyl (C=O) groups is 1. The van der Waals surface area contributed by atoms with Crippen LogP contribution >= 0.6 is 0 Å². The minimum absolute atomic E-state index is 0.299.